The predicted molar refractivity (Wildman–Crippen MR) is 64.7 cm³/mol. The summed E-state index contributed by atoms with van der Waals surface area (Å²) in [7, 11) is 0. The number of carbonyl (C=O) groups is 1. The highest BCUT2D eigenvalue weighted by atomic mass is 35.5. The van der Waals surface area contributed by atoms with Crippen molar-refractivity contribution < 1.29 is 14.3 Å². The Balaban J connectivity index is 1.77. The molecule has 1 aromatic rings. The van der Waals surface area contributed by atoms with Crippen LogP contribution in [0.5, 0.6) is 5.75 Å². The van der Waals surface area contributed by atoms with Gasteiger partial charge in [0.2, 0.25) is 0 Å². The Kier molecular flexibility index (Phi) is 4.10. The van der Waals surface area contributed by atoms with E-state index < -0.39 is 0 Å². The third kappa shape index (κ3) is 4.07. The molecule has 0 aliphatic carbocycles. The van der Waals surface area contributed by atoms with E-state index in [1.807, 2.05) is 0 Å². The first kappa shape index (κ1) is 12.5. The number of ether oxygens (including phenoxy) is 2. The molecule has 0 aromatic heterocycles. The molecule has 92 valence electrons. The highest BCUT2D eigenvalue weighted by molar-refractivity contribution is 6.35. The zero-order chi connectivity index (χ0) is 12.3. The third-order valence-corrected chi connectivity index (χ3v) is 2.71. The molecule has 1 aliphatic heterocycles. The minimum atomic E-state index is -0.202. The van der Waals surface area contributed by atoms with Gasteiger partial charge in [0.05, 0.1) is 17.7 Å². The van der Waals surface area contributed by atoms with Gasteiger partial charge in [-0.25, -0.2) is 0 Å². The van der Waals surface area contributed by atoms with Gasteiger partial charge in [-0.2, -0.15) is 0 Å². The molecule has 0 saturated carbocycles. The minimum Gasteiger partial charge on any atom is -0.482 e. The lowest BCUT2D eigenvalue weighted by molar-refractivity contribution is -0.123. The molecule has 4 nitrogen and oxygen atoms in total. The average Bonchev–Trinajstić information content (AvgIpc) is 3.09. The SMILES string of the molecule is O=C(COc1ccc(Cl)cc1Cl)NCC1CO1. The van der Waals surface area contributed by atoms with E-state index in [-0.39, 0.29) is 18.6 Å². The molecule has 1 N–H and O–H groups in total. The smallest absolute Gasteiger partial charge is 0.258 e. The first-order chi connectivity index (χ1) is 8.15. The maximum Gasteiger partial charge on any atom is 0.258 e. The number of benzene rings is 1. The molecule has 1 atom stereocenters. The first-order valence-electron chi connectivity index (χ1n) is 5.11. The molecular weight excluding hydrogens is 265 g/mol. The standard InChI is InChI=1S/C11H11Cl2NO3/c12-7-1-2-10(9(13)3-7)17-6-11(15)14-4-8-5-16-8/h1-3,8H,4-6H2,(H,14,15). The van der Waals surface area contributed by atoms with Gasteiger partial charge in [0.25, 0.3) is 5.91 Å². The summed E-state index contributed by atoms with van der Waals surface area (Å²) < 4.78 is 10.2. The van der Waals surface area contributed by atoms with E-state index in [4.69, 9.17) is 32.7 Å². The Bertz CT molecular complexity index is 421. The van der Waals surface area contributed by atoms with Crippen LogP contribution in [0.2, 0.25) is 10.0 Å². The van der Waals surface area contributed by atoms with Crippen molar-refractivity contribution in [2.75, 3.05) is 19.8 Å². The highest BCUT2D eigenvalue weighted by Gasteiger charge is 2.22. The van der Waals surface area contributed by atoms with E-state index in [0.29, 0.717) is 28.9 Å². The summed E-state index contributed by atoms with van der Waals surface area (Å²) in [4.78, 5) is 11.4. The summed E-state index contributed by atoms with van der Waals surface area (Å²) in [5.41, 5.74) is 0. The summed E-state index contributed by atoms with van der Waals surface area (Å²) in [5, 5.41) is 3.60. The van der Waals surface area contributed by atoms with Crippen molar-refractivity contribution in [2.45, 2.75) is 6.10 Å². The lowest BCUT2D eigenvalue weighted by atomic mass is 10.3. The molecule has 6 heteroatoms. The molecule has 0 bridgehead atoms. The molecule has 0 spiro atoms. The second kappa shape index (κ2) is 5.58. The van der Waals surface area contributed by atoms with Gasteiger partial charge in [-0.05, 0) is 18.2 Å². The molecule has 2 rings (SSSR count). The monoisotopic (exact) mass is 275 g/mol. The molecule has 1 aliphatic rings. The predicted octanol–water partition coefficient (Wildman–Crippen LogP) is 1.89. The Hall–Kier alpha value is -0.970. The number of carbonyl (C=O) groups excluding carboxylic acids is 1. The highest BCUT2D eigenvalue weighted by Crippen LogP contribution is 2.27. The Morgan fingerprint density at radius 1 is 1.53 bits per heavy atom. The van der Waals surface area contributed by atoms with Gasteiger partial charge in [-0.1, -0.05) is 23.2 Å². The number of nitrogens with one attached hydrogen (secondary N) is 1. The molecule has 1 amide bonds. The normalized spacial score (nSPS) is 17.6. The van der Waals surface area contributed by atoms with Gasteiger partial charge < -0.3 is 14.8 Å². The second-order valence-electron chi connectivity index (χ2n) is 3.62. The maximum absolute atomic E-state index is 11.4. The van der Waals surface area contributed by atoms with Crippen molar-refractivity contribution in [3.63, 3.8) is 0 Å². The zero-order valence-corrected chi connectivity index (χ0v) is 10.4. The van der Waals surface area contributed by atoms with E-state index in [9.17, 15) is 4.79 Å². The molecular formula is C11H11Cl2NO3. The summed E-state index contributed by atoms with van der Waals surface area (Å²) >= 11 is 11.6. The first-order valence-corrected chi connectivity index (χ1v) is 5.87. The zero-order valence-electron chi connectivity index (χ0n) is 8.91. The fourth-order valence-electron chi connectivity index (χ4n) is 1.20. The fraction of sp³-hybridized carbons (Fsp3) is 0.364. The van der Waals surface area contributed by atoms with E-state index in [0.717, 1.165) is 0 Å². The second-order valence-corrected chi connectivity index (χ2v) is 4.47. The van der Waals surface area contributed by atoms with Gasteiger partial charge in [-0.15, -0.1) is 0 Å². The van der Waals surface area contributed by atoms with Crippen LogP contribution >= 0.6 is 23.2 Å². The van der Waals surface area contributed by atoms with Crippen LogP contribution in [-0.4, -0.2) is 31.8 Å². The van der Waals surface area contributed by atoms with Crippen LogP contribution < -0.4 is 10.1 Å². The number of halogens is 2. The van der Waals surface area contributed by atoms with Crippen molar-refractivity contribution in [1.82, 2.24) is 5.32 Å². The lowest BCUT2D eigenvalue weighted by Gasteiger charge is -2.08. The number of amides is 1. The van der Waals surface area contributed by atoms with Crippen molar-refractivity contribution in [3.8, 4) is 5.75 Å². The van der Waals surface area contributed by atoms with Gasteiger partial charge in [0.15, 0.2) is 6.61 Å². The van der Waals surface area contributed by atoms with Crippen molar-refractivity contribution >= 4 is 29.1 Å². The van der Waals surface area contributed by atoms with Crippen molar-refractivity contribution in [1.29, 1.82) is 0 Å². The topological polar surface area (TPSA) is 50.9 Å². The quantitative estimate of drug-likeness (QED) is 0.835. The molecule has 1 heterocycles. The van der Waals surface area contributed by atoms with Crippen LogP contribution in [-0.2, 0) is 9.53 Å². The molecule has 1 unspecified atom stereocenters. The summed E-state index contributed by atoms with van der Waals surface area (Å²) in [6, 6.07) is 4.84. The van der Waals surface area contributed by atoms with E-state index in [2.05, 4.69) is 5.32 Å². The van der Waals surface area contributed by atoms with Crippen LogP contribution in [0.25, 0.3) is 0 Å². The van der Waals surface area contributed by atoms with Gasteiger partial charge >= 0.3 is 0 Å². The van der Waals surface area contributed by atoms with E-state index >= 15 is 0 Å². The molecule has 1 fully saturated rings. The Morgan fingerprint density at radius 3 is 2.94 bits per heavy atom. The number of hydrogen-bond acceptors (Lipinski definition) is 3. The average molecular weight is 276 g/mol. The van der Waals surface area contributed by atoms with Crippen LogP contribution in [0.4, 0.5) is 0 Å². The lowest BCUT2D eigenvalue weighted by Crippen LogP contribution is -2.31. The van der Waals surface area contributed by atoms with Gasteiger partial charge in [0, 0.05) is 11.6 Å². The van der Waals surface area contributed by atoms with Crippen LogP contribution in [0, 0.1) is 0 Å². The van der Waals surface area contributed by atoms with Crippen molar-refractivity contribution in [2.24, 2.45) is 0 Å². The summed E-state index contributed by atoms with van der Waals surface area (Å²) in [5.74, 6) is 0.236. The molecule has 17 heavy (non-hydrogen) atoms. The molecule has 1 saturated heterocycles. The van der Waals surface area contributed by atoms with Crippen molar-refractivity contribution in [3.05, 3.63) is 28.2 Å². The van der Waals surface area contributed by atoms with Crippen LogP contribution in [0.15, 0.2) is 18.2 Å². The minimum absolute atomic E-state index is 0.0753. The Labute approximate surface area is 109 Å². The van der Waals surface area contributed by atoms with Crippen LogP contribution in [0.1, 0.15) is 0 Å². The molecule has 1 aromatic carbocycles. The fourth-order valence-corrected chi connectivity index (χ4v) is 1.66. The third-order valence-electron chi connectivity index (χ3n) is 2.18. The summed E-state index contributed by atoms with van der Waals surface area (Å²) in [6.07, 6.45) is 0.165. The Morgan fingerprint density at radius 2 is 2.29 bits per heavy atom. The number of rotatable bonds is 5. The van der Waals surface area contributed by atoms with E-state index in [1.165, 1.54) is 0 Å². The number of hydrogen-bond donors (Lipinski definition) is 1. The van der Waals surface area contributed by atoms with E-state index in [1.54, 1.807) is 18.2 Å². The molecule has 0 radical (unpaired) electrons. The van der Waals surface area contributed by atoms with Gasteiger partial charge in [0.1, 0.15) is 5.75 Å². The summed E-state index contributed by atoms with van der Waals surface area (Å²) in [6.45, 7) is 1.16. The van der Waals surface area contributed by atoms with Gasteiger partial charge in [-0.3, -0.25) is 4.79 Å². The van der Waals surface area contributed by atoms with Crippen LogP contribution in [0.3, 0.4) is 0 Å². The maximum atomic E-state index is 11.4. The largest absolute Gasteiger partial charge is 0.482 e. The number of epoxide rings is 1.